The Morgan fingerprint density at radius 2 is 2.10 bits per heavy atom. The summed E-state index contributed by atoms with van der Waals surface area (Å²) >= 11 is 0. The molecule has 1 rings (SSSR count). The van der Waals surface area contributed by atoms with Crippen LogP contribution in [0, 0.1) is 0 Å². The second-order valence-electron chi connectivity index (χ2n) is 5.69. The highest BCUT2D eigenvalue weighted by Gasteiger charge is 2.24. The van der Waals surface area contributed by atoms with E-state index in [1.165, 1.54) is 0 Å². The first kappa shape index (κ1) is 16.8. The third-order valence-corrected chi connectivity index (χ3v) is 2.62. The van der Waals surface area contributed by atoms with Gasteiger partial charge in [-0.15, -0.1) is 0 Å². The highest BCUT2D eigenvalue weighted by Crippen LogP contribution is 2.11. The molecule has 1 aromatic carbocycles. The van der Waals surface area contributed by atoms with E-state index < -0.39 is 23.7 Å². The molecule has 0 saturated heterocycles. The average molecular weight is 291 g/mol. The summed E-state index contributed by atoms with van der Waals surface area (Å²) < 4.78 is 5.07. The number of carboxylic acids is 1. The quantitative estimate of drug-likeness (QED) is 0.874. The Morgan fingerprint density at radius 3 is 2.62 bits per heavy atom. The van der Waals surface area contributed by atoms with Gasteiger partial charge in [0.2, 0.25) is 0 Å². The predicted octanol–water partition coefficient (Wildman–Crippen LogP) is 2.85. The number of rotatable bonds is 5. The lowest BCUT2D eigenvalue weighted by atomic mass is 10.0. The van der Waals surface area contributed by atoms with Gasteiger partial charge in [0.25, 0.3) is 0 Å². The lowest BCUT2D eigenvalue weighted by Crippen LogP contribution is -2.44. The van der Waals surface area contributed by atoms with Gasteiger partial charge in [0.1, 0.15) is 11.6 Å². The van der Waals surface area contributed by atoms with E-state index >= 15 is 0 Å². The van der Waals surface area contributed by atoms with Crippen LogP contribution < -0.4 is 5.32 Å². The Bertz CT molecular complexity index is 531. The average Bonchev–Trinajstić information content (AvgIpc) is 2.36. The molecule has 0 heterocycles. The molecule has 0 spiro atoms. The molecule has 0 bridgehead atoms. The van der Waals surface area contributed by atoms with E-state index in [1.54, 1.807) is 32.9 Å². The Morgan fingerprint density at radius 1 is 1.43 bits per heavy atom. The number of ether oxygens (including phenoxy) is 1. The highest BCUT2D eigenvalue weighted by molar-refractivity contribution is 5.80. The molecule has 0 radical (unpaired) electrons. The van der Waals surface area contributed by atoms with Crippen molar-refractivity contribution in [3.63, 3.8) is 0 Å². The smallest absolute Gasteiger partial charge is 0.408 e. The summed E-state index contributed by atoms with van der Waals surface area (Å²) in [5.74, 6) is -1.11. The van der Waals surface area contributed by atoms with Gasteiger partial charge in [-0.3, -0.25) is 0 Å². The van der Waals surface area contributed by atoms with Gasteiger partial charge in [-0.2, -0.15) is 0 Å². The normalized spacial score (nSPS) is 12.3. The molecule has 1 amide bonds. The molecule has 21 heavy (non-hydrogen) atoms. The van der Waals surface area contributed by atoms with E-state index in [9.17, 15) is 14.7 Å². The number of alkyl carbamates (subject to hydrolysis) is 1. The summed E-state index contributed by atoms with van der Waals surface area (Å²) in [7, 11) is 0. The Kier molecular flexibility index (Phi) is 5.52. The van der Waals surface area contributed by atoms with Crippen molar-refractivity contribution in [3.8, 4) is 0 Å². The van der Waals surface area contributed by atoms with E-state index in [0.717, 1.165) is 11.1 Å². The third kappa shape index (κ3) is 6.12. The van der Waals surface area contributed by atoms with Crippen LogP contribution in [0.25, 0.3) is 6.08 Å². The Balaban J connectivity index is 2.76. The van der Waals surface area contributed by atoms with Crippen LogP contribution in [-0.4, -0.2) is 28.8 Å². The van der Waals surface area contributed by atoms with Crippen molar-refractivity contribution in [2.24, 2.45) is 0 Å². The van der Waals surface area contributed by atoms with Crippen molar-refractivity contribution >= 4 is 18.1 Å². The van der Waals surface area contributed by atoms with Crippen LogP contribution in [0.4, 0.5) is 4.79 Å². The number of amides is 1. The van der Waals surface area contributed by atoms with Gasteiger partial charge < -0.3 is 15.2 Å². The predicted molar refractivity (Wildman–Crippen MR) is 81.0 cm³/mol. The molecule has 0 unspecified atom stereocenters. The number of hydrogen-bond donors (Lipinski definition) is 2. The topological polar surface area (TPSA) is 75.6 Å². The number of nitrogens with one attached hydrogen (secondary N) is 1. The molecule has 114 valence electrons. The Hall–Kier alpha value is -2.30. The van der Waals surface area contributed by atoms with Gasteiger partial charge in [0.15, 0.2) is 0 Å². The second-order valence-corrected chi connectivity index (χ2v) is 5.69. The van der Waals surface area contributed by atoms with Crippen LogP contribution in [0.3, 0.4) is 0 Å². The van der Waals surface area contributed by atoms with E-state index in [4.69, 9.17) is 4.74 Å². The summed E-state index contributed by atoms with van der Waals surface area (Å²) in [6, 6.07) is 6.28. The third-order valence-electron chi connectivity index (χ3n) is 2.62. The fourth-order valence-electron chi connectivity index (χ4n) is 1.73. The lowest BCUT2D eigenvalue weighted by Gasteiger charge is -2.22. The van der Waals surface area contributed by atoms with Gasteiger partial charge in [-0.05, 0) is 31.9 Å². The fourth-order valence-corrected chi connectivity index (χ4v) is 1.73. The highest BCUT2D eigenvalue weighted by atomic mass is 16.6. The summed E-state index contributed by atoms with van der Waals surface area (Å²) in [5.41, 5.74) is 1.03. The van der Waals surface area contributed by atoms with E-state index in [-0.39, 0.29) is 6.42 Å². The largest absolute Gasteiger partial charge is 0.480 e. The molecule has 0 aliphatic heterocycles. The van der Waals surface area contributed by atoms with Crippen LogP contribution in [0.15, 0.2) is 30.8 Å². The summed E-state index contributed by atoms with van der Waals surface area (Å²) in [5, 5.41) is 11.6. The molecule has 1 atom stereocenters. The van der Waals surface area contributed by atoms with Crippen molar-refractivity contribution < 1.29 is 19.4 Å². The van der Waals surface area contributed by atoms with E-state index in [0.29, 0.717) is 0 Å². The number of carboxylic acid groups (broad SMARTS) is 1. The first-order valence-electron chi connectivity index (χ1n) is 6.65. The minimum Gasteiger partial charge on any atom is -0.480 e. The number of carbonyl (C=O) groups is 2. The van der Waals surface area contributed by atoms with Crippen LogP contribution in [-0.2, 0) is 16.0 Å². The molecule has 5 heteroatoms. The van der Waals surface area contributed by atoms with Crippen molar-refractivity contribution in [1.82, 2.24) is 5.32 Å². The van der Waals surface area contributed by atoms with Crippen LogP contribution in [0.1, 0.15) is 31.9 Å². The van der Waals surface area contributed by atoms with E-state index in [2.05, 4.69) is 11.9 Å². The SMILES string of the molecule is C=Cc1cccc(C[C@H](NC(=O)OC(C)(C)C)C(=O)O)c1. The molecule has 0 saturated carbocycles. The summed E-state index contributed by atoms with van der Waals surface area (Å²) in [4.78, 5) is 22.9. The van der Waals surface area contributed by atoms with Crippen molar-refractivity contribution in [2.45, 2.75) is 38.8 Å². The summed E-state index contributed by atoms with van der Waals surface area (Å²) in [6.07, 6.45) is 1.12. The number of carbonyl (C=O) groups excluding carboxylic acids is 1. The maximum absolute atomic E-state index is 11.7. The molecule has 0 aromatic heterocycles. The van der Waals surface area contributed by atoms with Crippen molar-refractivity contribution in [2.75, 3.05) is 0 Å². The maximum Gasteiger partial charge on any atom is 0.408 e. The van der Waals surface area contributed by atoms with Gasteiger partial charge in [-0.25, -0.2) is 9.59 Å². The maximum atomic E-state index is 11.7. The number of benzene rings is 1. The molecular weight excluding hydrogens is 270 g/mol. The summed E-state index contributed by atoms with van der Waals surface area (Å²) in [6.45, 7) is 8.82. The molecule has 2 N–H and O–H groups in total. The first-order valence-corrected chi connectivity index (χ1v) is 6.65. The monoisotopic (exact) mass is 291 g/mol. The van der Waals surface area contributed by atoms with Gasteiger partial charge in [0.05, 0.1) is 0 Å². The first-order chi connectivity index (χ1) is 9.71. The zero-order chi connectivity index (χ0) is 16.0. The van der Waals surface area contributed by atoms with Crippen LogP contribution in [0.5, 0.6) is 0 Å². The van der Waals surface area contributed by atoms with Crippen molar-refractivity contribution in [3.05, 3.63) is 42.0 Å². The minimum absolute atomic E-state index is 0.177. The van der Waals surface area contributed by atoms with Gasteiger partial charge >= 0.3 is 12.1 Å². The molecule has 1 aromatic rings. The van der Waals surface area contributed by atoms with E-state index in [1.807, 2.05) is 18.2 Å². The zero-order valence-electron chi connectivity index (χ0n) is 12.6. The number of hydrogen-bond acceptors (Lipinski definition) is 3. The minimum atomic E-state index is -1.11. The molecule has 0 aliphatic rings. The number of aliphatic carboxylic acids is 1. The van der Waals surface area contributed by atoms with Gasteiger partial charge in [0, 0.05) is 6.42 Å². The van der Waals surface area contributed by atoms with Crippen molar-refractivity contribution in [1.29, 1.82) is 0 Å². The second kappa shape index (κ2) is 6.92. The fraction of sp³-hybridized carbons (Fsp3) is 0.375. The van der Waals surface area contributed by atoms with Crippen LogP contribution >= 0.6 is 0 Å². The van der Waals surface area contributed by atoms with Crippen LogP contribution in [0.2, 0.25) is 0 Å². The molecular formula is C16H21NO4. The molecule has 0 aliphatic carbocycles. The molecule has 5 nitrogen and oxygen atoms in total. The Labute approximate surface area is 124 Å². The molecule has 0 fully saturated rings. The lowest BCUT2D eigenvalue weighted by molar-refractivity contribution is -0.139. The zero-order valence-corrected chi connectivity index (χ0v) is 12.6. The standard InChI is InChI=1S/C16H21NO4/c1-5-11-7-6-8-12(9-11)10-13(14(18)19)17-15(20)21-16(2,3)4/h5-9,13H,1,10H2,2-4H3,(H,17,20)(H,18,19)/t13-/m0/s1. The van der Waals surface area contributed by atoms with Gasteiger partial charge in [-0.1, -0.05) is 36.9 Å².